The van der Waals surface area contributed by atoms with E-state index in [-0.39, 0.29) is 0 Å². The van der Waals surface area contributed by atoms with Gasteiger partial charge < -0.3 is 10.5 Å². The number of hydrogen-bond acceptors (Lipinski definition) is 5. The second kappa shape index (κ2) is 6.58. The number of nitrogens with two attached hydrogens (primary N) is 1. The Hall–Kier alpha value is -1.53. The number of thioether (sulfide) groups is 1. The summed E-state index contributed by atoms with van der Waals surface area (Å²) in [5, 5.41) is 9.31. The first-order valence-corrected chi connectivity index (χ1v) is 7.11. The Morgan fingerprint density at radius 1 is 1.26 bits per heavy atom. The van der Waals surface area contributed by atoms with Gasteiger partial charge >= 0.3 is 0 Å². The first kappa shape index (κ1) is 13.9. The number of anilines is 1. The molecule has 6 heteroatoms. The van der Waals surface area contributed by atoms with Gasteiger partial charge in [0.15, 0.2) is 11.0 Å². The van der Waals surface area contributed by atoms with Crippen molar-refractivity contribution in [2.75, 3.05) is 18.6 Å². The van der Waals surface area contributed by atoms with E-state index in [1.54, 1.807) is 18.9 Å². The fourth-order valence-electron chi connectivity index (χ4n) is 1.76. The first-order chi connectivity index (χ1) is 9.24. The van der Waals surface area contributed by atoms with Gasteiger partial charge in [0.25, 0.3) is 0 Å². The predicted octanol–water partition coefficient (Wildman–Crippen LogP) is 2.17. The zero-order valence-corrected chi connectivity index (χ0v) is 12.0. The Labute approximate surface area is 117 Å². The number of methoxy groups -OCH3 is 1. The Morgan fingerprint density at radius 3 is 2.63 bits per heavy atom. The Kier molecular flexibility index (Phi) is 4.81. The third-order valence-corrected chi connectivity index (χ3v) is 3.51. The Bertz CT molecular complexity index is 500. The Balaban J connectivity index is 2.25. The average Bonchev–Trinajstić information content (AvgIpc) is 2.76. The quantitative estimate of drug-likeness (QED) is 0.648. The van der Waals surface area contributed by atoms with E-state index in [0.29, 0.717) is 6.61 Å². The summed E-state index contributed by atoms with van der Waals surface area (Å²) in [5.74, 6) is 1.81. The molecule has 0 amide bonds. The van der Waals surface area contributed by atoms with Crippen LogP contribution in [0.2, 0.25) is 0 Å². The molecular formula is C13H18N4OS. The van der Waals surface area contributed by atoms with Crippen LogP contribution in [0.15, 0.2) is 29.4 Å². The predicted molar refractivity (Wildman–Crippen MR) is 77.1 cm³/mol. The van der Waals surface area contributed by atoms with Crippen molar-refractivity contribution in [2.24, 2.45) is 0 Å². The number of benzene rings is 1. The SMILES string of the molecule is CCSc1nnc(COC)n1Cc1ccc(N)cc1. The van der Waals surface area contributed by atoms with Crippen molar-refractivity contribution >= 4 is 17.4 Å². The molecule has 0 atom stereocenters. The molecule has 2 aromatic rings. The van der Waals surface area contributed by atoms with Crippen LogP contribution in [0.1, 0.15) is 18.3 Å². The van der Waals surface area contributed by atoms with Crippen molar-refractivity contribution in [3.8, 4) is 0 Å². The molecule has 0 unspecified atom stereocenters. The van der Waals surface area contributed by atoms with E-state index in [4.69, 9.17) is 10.5 Å². The average molecular weight is 278 g/mol. The fraction of sp³-hybridized carbons (Fsp3) is 0.385. The van der Waals surface area contributed by atoms with Gasteiger partial charge in [0.2, 0.25) is 0 Å². The smallest absolute Gasteiger partial charge is 0.191 e. The van der Waals surface area contributed by atoms with Crippen LogP contribution in [0.3, 0.4) is 0 Å². The van der Waals surface area contributed by atoms with Gasteiger partial charge in [0.05, 0.1) is 6.54 Å². The molecule has 0 radical (unpaired) electrons. The van der Waals surface area contributed by atoms with Crippen LogP contribution in [-0.4, -0.2) is 27.6 Å². The molecule has 0 fully saturated rings. The summed E-state index contributed by atoms with van der Waals surface area (Å²) in [5.41, 5.74) is 7.64. The molecule has 0 saturated carbocycles. The zero-order chi connectivity index (χ0) is 13.7. The van der Waals surface area contributed by atoms with Crippen LogP contribution >= 0.6 is 11.8 Å². The highest BCUT2D eigenvalue weighted by Gasteiger charge is 2.12. The highest BCUT2D eigenvalue weighted by molar-refractivity contribution is 7.99. The van der Waals surface area contributed by atoms with Crippen molar-refractivity contribution in [2.45, 2.75) is 25.2 Å². The van der Waals surface area contributed by atoms with Crippen LogP contribution in [0.25, 0.3) is 0 Å². The summed E-state index contributed by atoms with van der Waals surface area (Å²) < 4.78 is 7.25. The third kappa shape index (κ3) is 3.48. The van der Waals surface area contributed by atoms with Crippen molar-refractivity contribution in [3.63, 3.8) is 0 Å². The normalized spacial score (nSPS) is 10.8. The summed E-state index contributed by atoms with van der Waals surface area (Å²) in [6, 6.07) is 7.85. The molecule has 2 rings (SSSR count). The second-order valence-electron chi connectivity index (χ2n) is 4.09. The maximum atomic E-state index is 5.70. The van der Waals surface area contributed by atoms with Gasteiger partial charge in [-0.05, 0) is 23.4 Å². The van der Waals surface area contributed by atoms with Crippen LogP contribution in [0.4, 0.5) is 5.69 Å². The van der Waals surface area contributed by atoms with Gasteiger partial charge in [-0.15, -0.1) is 10.2 Å². The number of ether oxygens (including phenoxy) is 1. The van der Waals surface area contributed by atoms with Crippen molar-refractivity contribution in [1.29, 1.82) is 0 Å². The lowest BCUT2D eigenvalue weighted by Gasteiger charge is -2.09. The molecule has 2 N–H and O–H groups in total. The highest BCUT2D eigenvalue weighted by atomic mass is 32.2. The lowest BCUT2D eigenvalue weighted by molar-refractivity contribution is 0.174. The number of nitrogens with zero attached hydrogens (tertiary/aromatic N) is 3. The van der Waals surface area contributed by atoms with Gasteiger partial charge in [-0.2, -0.15) is 0 Å². The Morgan fingerprint density at radius 2 is 2.00 bits per heavy atom. The van der Waals surface area contributed by atoms with E-state index in [9.17, 15) is 0 Å². The molecule has 0 spiro atoms. The molecule has 19 heavy (non-hydrogen) atoms. The summed E-state index contributed by atoms with van der Waals surface area (Å²) in [6.07, 6.45) is 0. The van der Waals surface area contributed by atoms with Gasteiger partial charge in [0.1, 0.15) is 6.61 Å². The monoisotopic (exact) mass is 278 g/mol. The van der Waals surface area contributed by atoms with Gasteiger partial charge in [-0.1, -0.05) is 30.8 Å². The maximum absolute atomic E-state index is 5.70. The summed E-state index contributed by atoms with van der Waals surface area (Å²) in [4.78, 5) is 0. The topological polar surface area (TPSA) is 66.0 Å². The van der Waals surface area contributed by atoms with E-state index >= 15 is 0 Å². The molecule has 1 heterocycles. The van der Waals surface area contributed by atoms with Crippen molar-refractivity contribution in [3.05, 3.63) is 35.7 Å². The molecule has 0 aliphatic carbocycles. The second-order valence-corrected chi connectivity index (χ2v) is 5.32. The number of rotatable bonds is 6. The van der Waals surface area contributed by atoms with Gasteiger partial charge in [-0.25, -0.2) is 0 Å². The zero-order valence-electron chi connectivity index (χ0n) is 11.2. The molecule has 0 saturated heterocycles. The van der Waals surface area contributed by atoms with Crippen LogP contribution in [0.5, 0.6) is 0 Å². The van der Waals surface area contributed by atoms with E-state index in [2.05, 4.69) is 21.7 Å². The fourth-order valence-corrected chi connectivity index (χ4v) is 2.44. The first-order valence-electron chi connectivity index (χ1n) is 6.12. The molecule has 5 nitrogen and oxygen atoms in total. The molecule has 1 aromatic carbocycles. The number of nitrogen functional groups attached to an aromatic ring is 1. The minimum absolute atomic E-state index is 0.465. The molecular weight excluding hydrogens is 260 g/mol. The van der Waals surface area contributed by atoms with E-state index < -0.39 is 0 Å². The summed E-state index contributed by atoms with van der Waals surface area (Å²) in [7, 11) is 1.66. The maximum Gasteiger partial charge on any atom is 0.191 e. The van der Waals surface area contributed by atoms with E-state index in [1.165, 1.54) is 5.56 Å². The van der Waals surface area contributed by atoms with Crippen LogP contribution in [0, 0.1) is 0 Å². The van der Waals surface area contributed by atoms with Crippen molar-refractivity contribution < 1.29 is 4.74 Å². The minimum atomic E-state index is 0.465. The molecule has 0 bridgehead atoms. The summed E-state index contributed by atoms with van der Waals surface area (Å²) >= 11 is 1.68. The third-order valence-electron chi connectivity index (χ3n) is 2.66. The van der Waals surface area contributed by atoms with Gasteiger partial charge in [-0.3, -0.25) is 4.57 Å². The van der Waals surface area contributed by atoms with E-state index in [1.807, 2.05) is 24.3 Å². The standard InChI is InChI=1S/C13H18N4OS/c1-3-19-13-16-15-12(9-18-2)17(13)8-10-4-6-11(14)7-5-10/h4-7H,3,8-9,14H2,1-2H3. The lowest BCUT2D eigenvalue weighted by Crippen LogP contribution is -2.07. The molecule has 0 aliphatic heterocycles. The summed E-state index contributed by atoms with van der Waals surface area (Å²) in [6.45, 7) is 3.30. The number of aromatic nitrogens is 3. The molecule has 1 aromatic heterocycles. The van der Waals surface area contributed by atoms with Gasteiger partial charge in [0, 0.05) is 12.8 Å². The van der Waals surface area contributed by atoms with E-state index in [0.717, 1.165) is 29.0 Å². The van der Waals surface area contributed by atoms with Crippen molar-refractivity contribution in [1.82, 2.24) is 14.8 Å². The lowest BCUT2D eigenvalue weighted by atomic mass is 10.2. The molecule has 102 valence electrons. The van der Waals surface area contributed by atoms with Crippen LogP contribution in [-0.2, 0) is 17.9 Å². The molecule has 0 aliphatic rings. The highest BCUT2D eigenvalue weighted by Crippen LogP contribution is 2.19. The number of hydrogen-bond donors (Lipinski definition) is 1. The minimum Gasteiger partial charge on any atom is -0.399 e. The van der Waals surface area contributed by atoms with Crippen LogP contribution < -0.4 is 5.73 Å². The largest absolute Gasteiger partial charge is 0.399 e.